The maximum absolute atomic E-state index is 13.0. The van der Waals surface area contributed by atoms with Crippen LogP contribution in [0.15, 0.2) is 42.5 Å². The molecule has 0 fully saturated rings. The van der Waals surface area contributed by atoms with Crippen LogP contribution in [0.4, 0.5) is 4.79 Å². The minimum absolute atomic E-state index is 0.104. The van der Waals surface area contributed by atoms with E-state index in [2.05, 4.69) is 27.7 Å². The number of hydrogen-bond acceptors (Lipinski definition) is 6. The summed E-state index contributed by atoms with van der Waals surface area (Å²) in [7, 11) is 3.49. The second kappa shape index (κ2) is 7.42. The number of urea groups is 1. The van der Waals surface area contributed by atoms with Crippen molar-refractivity contribution in [2.75, 3.05) is 20.9 Å². The molecule has 1 aliphatic rings. The number of pyridine rings is 1. The number of benzene rings is 2. The van der Waals surface area contributed by atoms with Crippen molar-refractivity contribution >= 4 is 22.6 Å². The van der Waals surface area contributed by atoms with Crippen molar-refractivity contribution in [1.82, 2.24) is 29.8 Å². The monoisotopic (exact) mass is 418 g/mol. The molecule has 0 unspecified atom stereocenters. The Kier molecular flexibility index (Phi) is 4.58. The van der Waals surface area contributed by atoms with Crippen molar-refractivity contribution in [2.24, 2.45) is 0 Å². The van der Waals surface area contributed by atoms with Crippen LogP contribution >= 0.6 is 0 Å². The second-order valence-electron chi connectivity index (χ2n) is 7.87. The van der Waals surface area contributed by atoms with E-state index < -0.39 is 0 Å². The van der Waals surface area contributed by atoms with Crippen LogP contribution in [0, 0.1) is 6.92 Å². The molecule has 158 valence electrons. The zero-order chi connectivity index (χ0) is 21.5. The number of aromatic nitrogens is 4. The van der Waals surface area contributed by atoms with Gasteiger partial charge in [0, 0.05) is 31.6 Å². The minimum Gasteiger partial charge on any atom is -0.454 e. The second-order valence-corrected chi connectivity index (χ2v) is 7.87. The highest BCUT2D eigenvalue weighted by molar-refractivity contribution is 5.84. The molecule has 0 aliphatic carbocycles. The van der Waals surface area contributed by atoms with Gasteiger partial charge in [-0.3, -0.25) is 0 Å². The zero-order valence-electron chi connectivity index (χ0n) is 17.6. The zero-order valence-corrected chi connectivity index (χ0v) is 17.6. The molecule has 0 saturated heterocycles. The van der Waals surface area contributed by atoms with E-state index in [1.54, 1.807) is 28.4 Å². The lowest BCUT2D eigenvalue weighted by atomic mass is 10.1. The van der Waals surface area contributed by atoms with Crippen LogP contribution in [0.1, 0.15) is 16.7 Å². The Labute approximate surface area is 178 Å². The lowest BCUT2D eigenvalue weighted by Crippen LogP contribution is -2.38. The van der Waals surface area contributed by atoms with Crippen molar-refractivity contribution in [2.45, 2.75) is 20.0 Å². The molecule has 0 bridgehead atoms. The van der Waals surface area contributed by atoms with Gasteiger partial charge in [-0.05, 0) is 53.2 Å². The van der Waals surface area contributed by atoms with Gasteiger partial charge in [0.25, 0.3) is 0 Å². The average Bonchev–Trinajstić information content (AvgIpc) is 3.41. The highest BCUT2D eigenvalue weighted by atomic mass is 16.7. The molecule has 9 nitrogen and oxygen atoms in total. The molecule has 0 radical (unpaired) electrons. The van der Waals surface area contributed by atoms with Crippen LogP contribution in [0.2, 0.25) is 0 Å². The first kappa shape index (κ1) is 19.1. The predicted molar refractivity (Wildman–Crippen MR) is 114 cm³/mol. The molecular weight excluding hydrogens is 396 g/mol. The van der Waals surface area contributed by atoms with Crippen LogP contribution in [-0.2, 0) is 13.1 Å². The van der Waals surface area contributed by atoms with Crippen molar-refractivity contribution in [1.29, 1.82) is 0 Å². The molecule has 0 N–H and O–H groups in total. The van der Waals surface area contributed by atoms with Crippen molar-refractivity contribution in [3.05, 3.63) is 59.2 Å². The third-order valence-electron chi connectivity index (χ3n) is 5.32. The number of tetrazole rings is 1. The molecule has 1 aliphatic heterocycles. The molecule has 2 aromatic heterocycles. The summed E-state index contributed by atoms with van der Waals surface area (Å²) in [6.45, 7) is 3.03. The Bertz CT molecular complexity index is 1300. The highest BCUT2D eigenvalue weighted by Gasteiger charge is 2.21. The number of aryl methyl sites for hydroxylation is 1. The Hall–Kier alpha value is -3.88. The van der Waals surface area contributed by atoms with Crippen LogP contribution < -0.4 is 9.47 Å². The van der Waals surface area contributed by atoms with Gasteiger partial charge in [0.15, 0.2) is 17.1 Å². The summed E-state index contributed by atoms with van der Waals surface area (Å²) in [6, 6.07) is 13.8. The van der Waals surface area contributed by atoms with Crippen molar-refractivity contribution in [3.63, 3.8) is 0 Å². The van der Waals surface area contributed by atoms with Crippen molar-refractivity contribution in [3.8, 4) is 11.5 Å². The first-order valence-corrected chi connectivity index (χ1v) is 9.95. The number of fused-ring (bicyclic) bond motifs is 4. The Morgan fingerprint density at radius 3 is 2.74 bits per heavy atom. The summed E-state index contributed by atoms with van der Waals surface area (Å²) in [4.78, 5) is 16.3. The van der Waals surface area contributed by atoms with Crippen LogP contribution in [-0.4, -0.2) is 56.8 Å². The fourth-order valence-corrected chi connectivity index (χ4v) is 3.84. The smallest absolute Gasteiger partial charge is 0.320 e. The number of carbonyl (C=O) groups excluding carboxylic acids is 1. The maximum atomic E-state index is 13.0. The van der Waals surface area contributed by atoms with E-state index in [1.807, 2.05) is 37.3 Å². The Morgan fingerprint density at radius 1 is 1.06 bits per heavy atom. The fourth-order valence-electron chi connectivity index (χ4n) is 3.84. The number of hydrogen-bond donors (Lipinski definition) is 0. The molecule has 3 heterocycles. The summed E-state index contributed by atoms with van der Waals surface area (Å²) in [5.41, 5.74) is 4.53. The summed E-state index contributed by atoms with van der Waals surface area (Å²) < 4.78 is 12.6. The summed E-state index contributed by atoms with van der Waals surface area (Å²) in [5, 5.41) is 13.3. The van der Waals surface area contributed by atoms with E-state index in [4.69, 9.17) is 9.47 Å². The van der Waals surface area contributed by atoms with Gasteiger partial charge in [0.05, 0.1) is 12.1 Å². The van der Waals surface area contributed by atoms with Gasteiger partial charge in [-0.2, -0.15) is 4.52 Å². The maximum Gasteiger partial charge on any atom is 0.320 e. The molecular formula is C22H22N6O3. The van der Waals surface area contributed by atoms with Gasteiger partial charge in [-0.15, -0.1) is 5.10 Å². The predicted octanol–water partition coefficient (Wildman–Crippen LogP) is 3.00. The lowest BCUT2D eigenvalue weighted by molar-refractivity contribution is 0.165. The average molecular weight is 418 g/mol. The molecule has 5 rings (SSSR count). The number of ether oxygens (including phenoxy) is 2. The largest absolute Gasteiger partial charge is 0.454 e. The van der Waals surface area contributed by atoms with Gasteiger partial charge in [-0.1, -0.05) is 17.7 Å². The first-order chi connectivity index (χ1) is 15.0. The summed E-state index contributed by atoms with van der Waals surface area (Å²) in [5.74, 6) is 1.41. The van der Waals surface area contributed by atoms with Crippen LogP contribution in [0.5, 0.6) is 11.5 Å². The van der Waals surface area contributed by atoms with E-state index in [1.165, 1.54) is 0 Å². The summed E-state index contributed by atoms with van der Waals surface area (Å²) >= 11 is 0. The summed E-state index contributed by atoms with van der Waals surface area (Å²) in [6.07, 6.45) is 0. The minimum atomic E-state index is -0.104. The Balaban J connectivity index is 1.53. The molecule has 0 saturated carbocycles. The third kappa shape index (κ3) is 3.48. The SMILES string of the molecule is Cc1ccc2c(c1)cc(CN(Cc1ccc3c(c1)OCO3)C(=O)N(C)C)c1nnnn12. The van der Waals surface area contributed by atoms with Gasteiger partial charge >= 0.3 is 6.03 Å². The van der Waals surface area contributed by atoms with E-state index in [0.717, 1.165) is 33.3 Å². The number of nitrogens with zero attached hydrogens (tertiary/aromatic N) is 6. The Morgan fingerprint density at radius 2 is 1.90 bits per heavy atom. The lowest BCUT2D eigenvalue weighted by Gasteiger charge is -2.26. The molecule has 2 amide bonds. The van der Waals surface area contributed by atoms with E-state index in [-0.39, 0.29) is 12.8 Å². The van der Waals surface area contributed by atoms with Gasteiger partial charge in [0.2, 0.25) is 6.79 Å². The van der Waals surface area contributed by atoms with Crippen molar-refractivity contribution < 1.29 is 14.3 Å². The van der Waals surface area contributed by atoms with E-state index in [9.17, 15) is 4.79 Å². The van der Waals surface area contributed by atoms with Gasteiger partial charge < -0.3 is 19.3 Å². The van der Waals surface area contributed by atoms with E-state index >= 15 is 0 Å². The number of carbonyl (C=O) groups is 1. The van der Waals surface area contributed by atoms with Crippen LogP contribution in [0.25, 0.3) is 16.6 Å². The van der Waals surface area contributed by atoms with Gasteiger partial charge in [-0.25, -0.2) is 4.79 Å². The topological polar surface area (TPSA) is 85.1 Å². The van der Waals surface area contributed by atoms with E-state index in [0.29, 0.717) is 24.5 Å². The molecule has 4 aromatic rings. The standard InChI is InChI=1S/C22H22N6O3/c1-14-4-6-18-16(8-14)10-17(21-23-24-25-28(18)21)12-27(22(29)26(2)3)11-15-5-7-19-20(9-15)31-13-30-19/h4-10H,11-13H2,1-3H3. The normalized spacial score (nSPS) is 12.5. The third-order valence-corrected chi connectivity index (χ3v) is 5.32. The van der Waals surface area contributed by atoms with Crippen LogP contribution in [0.3, 0.4) is 0 Å². The van der Waals surface area contributed by atoms with Gasteiger partial charge in [0.1, 0.15) is 0 Å². The quantitative estimate of drug-likeness (QED) is 0.507. The molecule has 0 spiro atoms. The molecule has 0 atom stereocenters. The molecule has 2 aromatic carbocycles. The fraction of sp³-hybridized carbons (Fsp3) is 0.273. The number of rotatable bonds is 4. The molecule has 9 heteroatoms. The highest BCUT2D eigenvalue weighted by Crippen LogP contribution is 2.33. The molecule has 31 heavy (non-hydrogen) atoms. The first-order valence-electron chi connectivity index (χ1n) is 9.95. The number of amides is 2.